The van der Waals surface area contributed by atoms with Crippen molar-refractivity contribution in [2.75, 3.05) is 11.5 Å². The van der Waals surface area contributed by atoms with E-state index in [0.717, 1.165) is 18.8 Å². The summed E-state index contributed by atoms with van der Waals surface area (Å²) >= 11 is 2.03. The highest BCUT2D eigenvalue weighted by atomic mass is 32.2. The average molecular weight is 211 g/mol. The lowest BCUT2D eigenvalue weighted by Crippen LogP contribution is -2.48. The highest BCUT2D eigenvalue weighted by Gasteiger charge is 2.48. The van der Waals surface area contributed by atoms with Crippen molar-refractivity contribution in [1.82, 2.24) is 0 Å². The van der Waals surface area contributed by atoms with Gasteiger partial charge in [-0.1, -0.05) is 6.92 Å². The Bertz CT molecular complexity index is 248. The van der Waals surface area contributed by atoms with Gasteiger partial charge in [0.1, 0.15) is 0 Å². The van der Waals surface area contributed by atoms with Crippen LogP contribution in [-0.2, 0) is 4.79 Å². The summed E-state index contributed by atoms with van der Waals surface area (Å²) < 4.78 is 0. The number of hydrogen-bond donors (Lipinski definition) is 0. The van der Waals surface area contributed by atoms with E-state index >= 15 is 0 Å². The van der Waals surface area contributed by atoms with Gasteiger partial charge in [-0.2, -0.15) is 16.8 Å². The molecule has 0 N–H and O–H groups in total. The maximum absolute atomic E-state index is 10.5. The lowest BCUT2D eigenvalue weighted by molar-refractivity contribution is 0.0891. The zero-order chi connectivity index (χ0) is 10.0. The summed E-state index contributed by atoms with van der Waals surface area (Å²) in [5.41, 5.74) is 0.00213. The fourth-order valence-electron chi connectivity index (χ4n) is 2.99. The number of aliphatic imine (C=N–C) groups is 1. The van der Waals surface area contributed by atoms with Crippen molar-refractivity contribution in [2.24, 2.45) is 16.8 Å². The Hall–Kier alpha value is -0.270. The zero-order valence-electron chi connectivity index (χ0n) is 8.66. The standard InChI is InChI=1S/C11H17NOS/c1-9-6-11(7-9,12-8-13)10-2-4-14-5-3-10/h9-10H,2-7H2,1H3. The monoisotopic (exact) mass is 211 g/mol. The minimum absolute atomic E-state index is 0.00213. The Morgan fingerprint density at radius 2 is 2.00 bits per heavy atom. The molecule has 1 saturated heterocycles. The minimum atomic E-state index is 0.00213. The van der Waals surface area contributed by atoms with E-state index in [1.807, 2.05) is 11.8 Å². The summed E-state index contributed by atoms with van der Waals surface area (Å²) in [7, 11) is 0. The molecule has 1 heterocycles. The van der Waals surface area contributed by atoms with Crippen LogP contribution >= 0.6 is 11.8 Å². The molecule has 0 spiro atoms. The zero-order valence-corrected chi connectivity index (χ0v) is 9.48. The van der Waals surface area contributed by atoms with E-state index < -0.39 is 0 Å². The summed E-state index contributed by atoms with van der Waals surface area (Å²) in [4.78, 5) is 14.6. The van der Waals surface area contributed by atoms with Crippen LogP contribution in [0.1, 0.15) is 32.6 Å². The van der Waals surface area contributed by atoms with Crippen molar-refractivity contribution in [3.63, 3.8) is 0 Å². The average Bonchev–Trinajstić information content (AvgIpc) is 2.17. The normalized spacial score (nSPS) is 38.5. The van der Waals surface area contributed by atoms with E-state index in [1.165, 1.54) is 24.3 Å². The Kier molecular flexibility index (Phi) is 2.99. The molecular formula is C11H17NOS. The molecule has 0 aromatic carbocycles. The molecular weight excluding hydrogens is 194 g/mol. The summed E-state index contributed by atoms with van der Waals surface area (Å²) in [6, 6.07) is 0. The molecule has 0 unspecified atom stereocenters. The van der Waals surface area contributed by atoms with Gasteiger partial charge in [0.05, 0.1) is 5.54 Å². The predicted molar refractivity (Wildman–Crippen MR) is 59.3 cm³/mol. The second-order valence-electron chi connectivity index (χ2n) is 4.71. The lowest BCUT2D eigenvalue weighted by atomic mass is 9.61. The quantitative estimate of drug-likeness (QED) is 0.519. The third-order valence-electron chi connectivity index (χ3n) is 3.65. The van der Waals surface area contributed by atoms with Gasteiger partial charge in [-0.25, -0.2) is 4.79 Å². The fraction of sp³-hybridized carbons (Fsp3) is 0.909. The van der Waals surface area contributed by atoms with Crippen molar-refractivity contribution >= 4 is 17.8 Å². The summed E-state index contributed by atoms with van der Waals surface area (Å²) in [6.07, 6.45) is 6.49. The van der Waals surface area contributed by atoms with Gasteiger partial charge >= 0.3 is 0 Å². The number of rotatable bonds is 2. The van der Waals surface area contributed by atoms with Crippen molar-refractivity contribution in [3.05, 3.63) is 0 Å². The largest absolute Gasteiger partial charge is 0.235 e. The van der Waals surface area contributed by atoms with Gasteiger partial charge in [0, 0.05) is 0 Å². The highest BCUT2D eigenvalue weighted by molar-refractivity contribution is 7.99. The Balaban J connectivity index is 2.06. The molecule has 1 saturated carbocycles. The van der Waals surface area contributed by atoms with Gasteiger partial charge in [0.25, 0.3) is 0 Å². The number of hydrogen-bond acceptors (Lipinski definition) is 3. The first-order chi connectivity index (χ1) is 6.77. The molecule has 14 heavy (non-hydrogen) atoms. The van der Waals surface area contributed by atoms with Gasteiger partial charge in [-0.15, -0.1) is 0 Å². The van der Waals surface area contributed by atoms with E-state index in [9.17, 15) is 4.79 Å². The van der Waals surface area contributed by atoms with Crippen LogP contribution in [0.5, 0.6) is 0 Å². The molecule has 0 atom stereocenters. The second-order valence-corrected chi connectivity index (χ2v) is 5.93. The van der Waals surface area contributed by atoms with E-state index in [0.29, 0.717) is 5.92 Å². The number of isocyanates is 1. The lowest BCUT2D eigenvalue weighted by Gasteiger charge is -2.48. The Morgan fingerprint density at radius 3 is 2.50 bits per heavy atom. The molecule has 2 fully saturated rings. The molecule has 1 aliphatic heterocycles. The second kappa shape index (κ2) is 4.08. The van der Waals surface area contributed by atoms with Crippen LogP contribution in [0.4, 0.5) is 0 Å². The van der Waals surface area contributed by atoms with Crippen LogP contribution in [0, 0.1) is 11.8 Å². The molecule has 3 heteroatoms. The van der Waals surface area contributed by atoms with E-state index in [-0.39, 0.29) is 5.54 Å². The number of carbonyl (C=O) groups excluding carboxylic acids is 1. The Morgan fingerprint density at radius 1 is 1.36 bits per heavy atom. The van der Waals surface area contributed by atoms with Gasteiger partial charge < -0.3 is 0 Å². The maximum Gasteiger partial charge on any atom is 0.235 e. The number of thioether (sulfide) groups is 1. The number of nitrogens with zero attached hydrogens (tertiary/aromatic N) is 1. The van der Waals surface area contributed by atoms with Gasteiger partial charge in [0.2, 0.25) is 6.08 Å². The van der Waals surface area contributed by atoms with Gasteiger partial charge in [-0.3, -0.25) is 0 Å². The van der Waals surface area contributed by atoms with E-state index in [1.54, 1.807) is 6.08 Å². The van der Waals surface area contributed by atoms with Crippen molar-refractivity contribution in [2.45, 2.75) is 38.1 Å². The minimum Gasteiger partial charge on any atom is -0.211 e. The molecule has 1 aliphatic carbocycles. The highest BCUT2D eigenvalue weighted by Crippen LogP contribution is 2.49. The van der Waals surface area contributed by atoms with Crippen LogP contribution in [0.25, 0.3) is 0 Å². The molecule has 0 amide bonds. The first kappa shape index (κ1) is 10.3. The van der Waals surface area contributed by atoms with Crippen LogP contribution in [0.15, 0.2) is 4.99 Å². The van der Waals surface area contributed by atoms with E-state index in [4.69, 9.17) is 0 Å². The summed E-state index contributed by atoms with van der Waals surface area (Å²) in [5, 5.41) is 0. The van der Waals surface area contributed by atoms with E-state index in [2.05, 4.69) is 11.9 Å². The predicted octanol–water partition coefficient (Wildman–Crippen LogP) is 2.63. The summed E-state index contributed by atoms with van der Waals surface area (Å²) in [5.74, 6) is 3.90. The Labute approximate surface area is 89.6 Å². The van der Waals surface area contributed by atoms with Crippen LogP contribution < -0.4 is 0 Å². The molecule has 2 nitrogen and oxygen atoms in total. The maximum atomic E-state index is 10.5. The summed E-state index contributed by atoms with van der Waals surface area (Å²) in [6.45, 7) is 2.25. The van der Waals surface area contributed by atoms with Crippen molar-refractivity contribution < 1.29 is 4.79 Å². The van der Waals surface area contributed by atoms with Gasteiger partial charge in [0.15, 0.2) is 0 Å². The molecule has 0 aromatic rings. The topological polar surface area (TPSA) is 29.4 Å². The van der Waals surface area contributed by atoms with Crippen LogP contribution in [0.2, 0.25) is 0 Å². The van der Waals surface area contributed by atoms with Crippen molar-refractivity contribution in [3.8, 4) is 0 Å². The molecule has 78 valence electrons. The molecule has 2 rings (SSSR count). The molecule has 2 aliphatic rings. The first-order valence-electron chi connectivity index (χ1n) is 5.43. The van der Waals surface area contributed by atoms with Crippen molar-refractivity contribution in [1.29, 1.82) is 0 Å². The molecule has 0 bridgehead atoms. The first-order valence-corrected chi connectivity index (χ1v) is 6.59. The fourth-order valence-corrected chi connectivity index (χ4v) is 4.10. The smallest absolute Gasteiger partial charge is 0.211 e. The SMILES string of the molecule is CC1CC(N=C=O)(C2CCSCC2)C1. The van der Waals surface area contributed by atoms with Crippen LogP contribution in [-0.4, -0.2) is 23.1 Å². The third-order valence-corrected chi connectivity index (χ3v) is 4.70. The van der Waals surface area contributed by atoms with Crippen LogP contribution in [0.3, 0.4) is 0 Å². The molecule has 0 radical (unpaired) electrons. The van der Waals surface area contributed by atoms with Gasteiger partial charge in [-0.05, 0) is 49.0 Å². The molecule has 0 aromatic heterocycles. The third kappa shape index (κ3) is 1.76.